The molecule has 0 amide bonds. The standard InChI is InChI=1S/C20H22N4OS.ClH/c1-2-6-18(7-3-1)25-14-20-23-17(15-26-20)13-24-10-9-22-12-19(24)16-5-4-8-21-11-16;/h1-8,11,15,19,22H,9-10,12-14H2;1H. The van der Waals surface area contributed by atoms with Crippen molar-refractivity contribution in [1.29, 1.82) is 0 Å². The van der Waals surface area contributed by atoms with E-state index in [9.17, 15) is 0 Å². The molecule has 7 heteroatoms. The molecule has 5 nitrogen and oxygen atoms in total. The molecule has 3 aromatic rings. The minimum Gasteiger partial charge on any atom is -0.486 e. The topological polar surface area (TPSA) is 50.3 Å². The maximum absolute atomic E-state index is 5.80. The van der Waals surface area contributed by atoms with Crippen LogP contribution >= 0.6 is 23.7 Å². The summed E-state index contributed by atoms with van der Waals surface area (Å²) in [5, 5.41) is 6.64. The van der Waals surface area contributed by atoms with Gasteiger partial charge >= 0.3 is 0 Å². The number of rotatable bonds is 6. The maximum atomic E-state index is 5.80. The summed E-state index contributed by atoms with van der Waals surface area (Å²) in [6, 6.07) is 14.4. The molecule has 3 heterocycles. The third kappa shape index (κ3) is 5.26. The second-order valence-electron chi connectivity index (χ2n) is 6.31. The fourth-order valence-electron chi connectivity index (χ4n) is 3.20. The summed E-state index contributed by atoms with van der Waals surface area (Å²) in [6.45, 7) is 4.32. The van der Waals surface area contributed by atoms with Crippen molar-refractivity contribution in [3.05, 3.63) is 76.5 Å². The number of hydrogen-bond acceptors (Lipinski definition) is 6. The molecule has 0 aliphatic carbocycles. The van der Waals surface area contributed by atoms with Crippen molar-refractivity contribution in [2.75, 3.05) is 19.6 Å². The Morgan fingerprint density at radius 3 is 2.89 bits per heavy atom. The third-order valence-corrected chi connectivity index (χ3v) is 5.36. The number of nitrogens with one attached hydrogen (secondary N) is 1. The molecule has 0 bridgehead atoms. The van der Waals surface area contributed by atoms with Gasteiger partial charge in [-0.2, -0.15) is 0 Å². The Balaban J connectivity index is 0.00000210. The largest absolute Gasteiger partial charge is 0.486 e. The fourth-order valence-corrected chi connectivity index (χ4v) is 3.89. The van der Waals surface area contributed by atoms with Crippen LogP contribution in [0.2, 0.25) is 0 Å². The molecule has 0 radical (unpaired) electrons. The third-order valence-electron chi connectivity index (χ3n) is 4.49. The highest BCUT2D eigenvalue weighted by Gasteiger charge is 2.24. The number of halogens is 1. The van der Waals surface area contributed by atoms with Crippen molar-refractivity contribution in [2.24, 2.45) is 0 Å². The summed E-state index contributed by atoms with van der Waals surface area (Å²) in [5.41, 5.74) is 2.36. The Morgan fingerprint density at radius 2 is 2.07 bits per heavy atom. The SMILES string of the molecule is Cl.c1ccc(OCc2nc(CN3CCNCC3c3cccnc3)cs2)cc1. The van der Waals surface area contributed by atoms with Crippen molar-refractivity contribution < 1.29 is 4.74 Å². The van der Waals surface area contributed by atoms with Gasteiger partial charge in [0.05, 0.1) is 5.69 Å². The predicted molar refractivity (Wildman–Crippen MR) is 110 cm³/mol. The van der Waals surface area contributed by atoms with Gasteiger partial charge in [0, 0.05) is 50.0 Å². The highest BCUT2D eigenvalue weighted by atomic mass is 35.5. The maximum Gasteiger partial charge on any atom is 0.140 e. The number of piperazine rings is 1. The Morgan fingerprint density at radius 1 is 1.19 bits per heavy atom. The summed E-state index contributed by atoms with van der Waals surface area (Å²) < 4.78 is 5.80. The van der Waals surface area contributed by atoms with Crippen LogP contribution < -0.4 is 10.1 Å². The summed E-state index contributed by atoms with van der Waals surface area (Å²) in [5.74, 6) is 0.878. The number of hydrogen-bond donors (Lipinski definition) is 1. The van der Waals surface area contributed by atoms with E-state index in [4.69, 9.17) is 9.72 Å². The van der Waals surface area contributed by atoms with Crippen LogP contribution in [0, 0.1) is 0 Å². The van der Waals surface area contributed by atoms with Gasteiger partial charge in [0.2, 0.25) is 0 Å². The molecule has 1 saturated heterocycles. The Bertz CT molecular complexity index is 815. The van der Waals surface area contributed by atoms with E-state index in [0.29, 0.717) is 12.6 Å². The van der Waals surface area contributed by atoms with Crippen LogP contribution in [0.25, 0.3) is 0 Å². The minimum atomic E-state index is 0. The van der Waals surface area contributed by atoms with Crippen molar-refractivity contribution in [3.63, 3.8) is 0 Å². The summed E-state index contributed by atoms with van der Waals surface area (Å²) in [7, 11) is 0. The van der Waals surface area contributed by atoms with Crippen LogP contribution in [0.1, 0.15) is 22.3 Å². The molecule has 1 fully saturated rings. The molecule has 1 aliphatic heterocycles. The average Bonchev–Trinajstić information content (AvgIpc) is 3.16. The first-order valence-electron chi connectivity index (χ1n) is 8.84. The van der Waals surface area contributed by atoms with E-state index in [-0.39, 0.29) is 12.4 Å². The Hall–Kier alpha value is -1.99. The van der Waals surface area contributed by atoms with E-state index in [2.05, 4.69) is 26.6 Å². The van der Waals surface area contributed by atoms with Gasteiger partial charge in [-0.3, -0.25) is 9.88 Å². The molecule has 4 rings (SSSR count). The molecule has 0 saturated carbocycles. The number of aromatic nitrogens is 2. The second kappa shape index (κ2) is 9.80. The Labute approximate surface area is 169 Å². The van der Waals surface area contributed by atoms with Gasteiger partial charge in [0.15, 0.2) is 0 Å². The van der Waals surface area contributed by atoms with Crippen molar-refractivity contribution in [1.82, 2.24) is 20.2 Å². The average molecular weight is 403 g/mol. The number of pyridine rings is 1. The minimum absolute atomic E-state index is 0. The lowest BCUT2D eigenvalue weighted by atomic mass is 10.1. The van der Waals surface area contributed by atoms with Gasteiger partial charge in [-0.25, -0.2) is 4.98 Å². The van der Waals surface area contributed by atoms with Gasteiger partial charge < -0.3 is 10.1 Å². The van der Waals surface area contributed by atoms with Gasteiger partial charge in [-0.15, -0.1) is 23.7 Å². The van der Waals surface area contributed by atoms with Crippen molar-refractivity contribution >= 4 is 23.7 Å². The van der Waals surface area contributed by atoms with Gasteiger partial charge in [-0.05, 0) is 23.8 Å². The number of ether oxygens (including phenoxy) is 1. The molecule has 0 spiro atoms. The first-order valence-corrected chi connectivity index (χ1v) is 9.72. The molecular weight excluding hydrogens is 380 g/mol. The van der Waals surface area contributed by atoms with Crippen molar-refractivity contribution in [3.8, 4) is 5.75 Å². The second-order valence-corrected chi connectivity index (χ2v) is 7.25. The summed E-state index contributed by atoms with van der Waals surface area (Å²) >= 11 is 1.66. The van der Waals surface area contributed by atoms with Gasteiger partial charge in [0.25, 0.3) is 0 Å². The number of para-hydroxylation sites is 1. The van der Waals surface area contributed by atoms with Crippen LogP contribution in [-0.4, -0.2) is 34.5 Å². The number of nitrogens with zero attached hydrogens (tertiary/aromatic N) is 3. The molecule has 1 aromatic carbocycles. The van der Waals surface area contributed by atoms with E-state index in [0.717, 1.165) is 42.6 Å². The lowest BCUT2D eigenvalue weighted by Crippen LogP contribution is -2.45. The first kappa shape index (κ1) is 19.8. The fraction of sp³-hybridized carbons (Fsp3) is 0.300. The molecule has 1 unspecified atom stereocenters. The molecular formula is C20H23ClN4OS. The monoisotopic (exact) mass is 402 g/mol. The van der Waals surface area contributed by atoms with E-state index >= 15 is 0 Å². The summed E-state index contributed by atoms with van der Waals surface area (Å²) in [4.78, 5) is 11.5. The van der Waals surface area contributed by atoms with Crippen LogP contribution in [0.4, 0.5) is 0 Å². The highest BCUT2D eigenvalue weighted by Crippen LogP contribution is 2.24. The van der Waals surface area contributed by atoms with Crippen LogP contribution in [0.15, 0.2) is 60.2 Å². The van der Waals surface area contributed by atoms with E-state index in [1.807, 2.05) is 48.8 Å². The van der Waals surface area contributed by atoms with E-state index in [1.54, 1.807) is 11.3 Å². The smallest absolute Gasteiger partial charge is 0.140 e. The van der Waals surface area contributed by atoms with Crippen LogP contribution in [0.3, 0.4) is 0 Å². The van der Waals surface area contributed by atoms with Gasteiger partial charge in [-0.1, -0.05) is 24.3 Å². The molecule has 1 aliphatic rings. The first-order chi connectivity index (χ1) is 12.9. The zero-order chi connectivity index (χ0) is 17.6. The normalized spacial score (nSPS) is 17.3. The van der Waals surface area contributed by atoms with E-state index in [1.165, 1.54) is 5.56 Å². The number of thiazole rings is 1. The number of benzene rings is 1. The molecule has 1 atom stereocenters. The molecule has 2 aromatic heterocycles. The predicted octanol–water partition coefficient (Wildman–Crippen LogP) is 3.69. The molecule has 142 valence electrons. The summed E-state index contributed by atoms with van der Waals surface area (Å²) in [6.07, 6.45) is 3.79. The highest BCUT2D eigenvalue weighted by molar-refractivity contribution is 7.09. The quantitative estimate of drug-likeness (QED) is 0.681. The lowest BCUT2D eigenvalue weighted by molar-refractivity contribution is 0.152. The van der Waals surface area contributed by atoms with Crippen LogP contribution in [0.5, 0.6) is 5.75 Å². The van der Waals surface area contributed by atoms with Crippen molar-refractivity contribution in [2.45, 2.75) is 19.2 Å². The molecule has 27 heavy (non-hydrogen) atoms. The zero-order valence-electron chi connectivity index (χ0n) is 15.0. The zero-order valence-corrected chi connectivity index (χ0v) is 16.6. The van der Waals surface area contributed by atoms with Crippen LogP contribution in [-0.2, 0) is 13.2 Å². The van der Waals surface area contributed by atoms with E-state index < -0.39 is 0 Å². The van der Waals surface area contributed by atoms with Gasteiger partial charge in [0.1, 0.15) is 17.4 Å². The lowest BCUT2D eigenvalue weighted by Gasteiger charge is -2.35. The Kier molecular flexibility index (Phi) is 7.18. The molecule has 1 N–H and O–H groups in total.